The SMILES string of the molecule is Cc1noc(-c2ccc(-c3cscn3)cc2)c1C(=O)c1ccc(S(N)(=O)=O)cc1. The van der Waals surface area contributed by atoms with Gasteiger partial charge in [0, 0.05) is 22.1 Å². The predicted octanol–water partition coefficient (Wildman–Crippen LogP) is 3.65. The number of hydrogen-bond donors (Lipinski definition) is 1. The first-order chi connectivity index (χ1) is 13.8. The molecule has 0 radical (unpaired) electrons. The van der Waals surface area contributed by atoms with Crippen molar-refractivity contribution in [3.63, 3.8) is 0 Å². The molecule has 0 fully saturated rings. The van der Waals surface area contributed by atoms with Gasteiger partial charge in [-0.1, -0.05) is 29.4 Å². The van der Waals surface area contributed by atoms with Crippen LogP contribution in [-0.4, -0.2) is 24.3 Å². The fourth-order valence-electron chi connectivity index (χ4n) is 2.92. The zero-order valence-corrected chi connectivity index (χ0v) is 16.8. The summed E-state index contributed by atoms with van der Waals surface area (Å²) in [5.74, 6) is 0.0381. The number of hydrogen-bond acceptors (Lipinski definition) is 7. The summed E-state index contributed by atoms with van der Waals surface area (Å²) in [5, 5.41) is 11.0. The Morgan fingerprint density at radius 1 is 1.03 bits per heavy atom. The van der Waals surface area contributed by atoms with Crippen LogP contribution in [0.15, 0.2) is 68.8 Å². The topological polar surface area (TPSA) is 116 Å². The Morgan fingerprint density at radius 3 is 2.28 bits per heavy atom. The zero-order valence-electron chi connectivity index (χ0n) is 15.2. The second kappa shape index (κ2) is 7.36. The molecule has 2 aromatic carbocycles. The number of aromatic nitrogens is 2. The highest BCUT2D eigenvalue weighted by Crippen LogP contribution is 2.30. The third-order valence-electron chi connectivity index (χ3n) is 4.41. The van der Waals surface area contributed by atoms with Crippen LogP contribution in [0.2, 0.25) is 0 Å². The van der Waals surface area contributed by atoms with Crippen molar-refractivity contribution in [3.8, 4) is 22.6 Å². The first-order valence-electron chi connectivity index (χ1n) is 8.47. The number of aryl methyl sites for hydroxylation is 1. The second-order valence-electron chi connectivity index (χ2n) is 6.32. The van der Waals surface area contributed by atoms with E-state index in [0.29, 0.717) is 28.1 Å². The maximum Gasteiger partial charge on any atom is 0.238 e. The molecule has 2 N–H and O–H groups in total. The molecule has 29 heavy (non-hydrogen) atoms. The average molecular weight is 425 g/mol. The standard InChI is InChI=1S/C20H15N3O4S2/c1-12-18(19(24)14-6-8-16(9-7-14)29(21,25)26)20(27-23-12)15-4-2-13(3-5-15)17-10-28-11-22-17/h2-11H,1H3,(H2,21,25,26). The lowest BCUT2D eigenvalue weighted by atomic mass is 9.98. The molecule has 0 saturated carbocycles. The third kappa shape index (κ3) is 3.75. The van der Waals surface area contributed by atoms with Gasteiger partial charge in [0.05, 0.1) is 27.4 Å². The van der Waals surface area contributed by atoms with Gasteiger partial charge in [-0.15, -0.1) is 11.3 Å². The summed E-state index contributed by atoms with van der Waals surface area (Å²) < 4.78 is 28.3. The lowest BCUT2D eigenvalue weighted by Crippen LogP contribution is -2.12. The summed E-state index contributed by atoms with van der Waals surface area (Å²) in [5.41, 5.74) is 5.39. The van der Waals surface area contributed by atoms with Crippen LogP contribution in [0.25, 0.3) is 22.6 Å². The molecule has 9 heteroatoms. The Bertz CT molecular complexity index is 1270. The normalized spacial score (nSPS) is 11.5. The van der Waals surface area contributed by atoms with E-state index < -0.39 is 10.0 Å². The van der Waals surface area contributed by atoms with E-state index in [1.807, 2.05) is 29.6 Å². The predicted molar refractivity (Wildman–Crippen MR) is 109 cm³/mol. The molecule has 0 aliphatic carbocycles. The number of primary sulfonamides is 1. The number of ketones is 1. The molecule has 4 aromatic rings. The van der Waals surface area contributed by atoms with Gasteiger partial charge in [0.2, 0.25) is 10.0 Å². The van der Waals surface area contributed by atoms with E-state index in [0.717, 1.165) is 11.3 Å². The number of rotatable bonds is 5. The number of thiazole rings is 1. The fourth-order valence-corrected chi connectivity index (χ4v) is 4.00. The van der Waals surface area contributed by atoms with Crippen molar-refractivity contribution in [1.82, 2.24) is 10.1 Å². The van der Waals surface area contributed by atoms with Gasteiger partial charge < -0.3 is 4.52 Å². The molecule has 7 nitrogen and oxygen atoms in total. The Hall–Kier alpha value is -3.14. The van der Waals surface area contributed by atoms with E-state index >= 15 is 0 Å². The lowest BCUT2D eigenvalue weighted by molar-refractivity contribution is 0.103. The summed E-state index contributed by atoms with van der Waals surface area (Å²) in [6.07, 6.45) is 0. The molecule has 0 saturated heterocycles. The quantitative estimate of drug-likeness (QED) is 0.488. The summed E-state index contributed by atoms with van der Waals surface area (Å²) in [6, 6.07) is 12.9. The van der Waals surface area contributed by atoms with Gasteiger partial charge >= 0.3 is 0 Å². The molecule has 0 aliphatic heterocycles. The number of nitrogens with zero attached hydrogens (tertiary/aromatic N) is 2. The van der Waals surface area contributed by atoms with E-state index in [1.165, 1.54) is 35.6 Å². The van der Waals surface area contributed by atoms with Gasteiger partial charge in [-0.2, -0.15) is 0 Å². The number of benzene rings is 2. The smallest absolute Gasteiger partial charge is 0.238 e. The zero-order chi connectivity index (χ0) is 20.6. The highest BCUT2D eigenvalue weighted by atomic mass is 32.2. The molecule has 0 amide bonds. The highest BCUT2D eigenvalue weighted by Gasteiger charge is 2.23. The molecule has 0 atom stereocenters. The number of sulfonamides is 1. The van der Waals surface area contributed by atoms with Crippen molar-refractivity contribution in [2.75, 3.05) is 0 Å². The summed E-state index contributed by atoms with van der Waals surface area (Å²) in [6.45, 7) is 1.68. The van der Waals surface area contributed by atoms with E-state index in [9.17, 15) is 13.2 Å². The van der Waals surface area contributed by atoms with Crippen LogP contribution in [-0.2, 0) is 10.0 Å². The molecule has 4 rings (SSSR count). The van der Waals surface area contributed by atoms with E-state index in [2.05, 4.69) is 10.1 Å². The van der Waals surface area contributed by atoms with Gasteiger partial charge in [0.1, 0.15) is 0 Å². The van der Waals surface area contributed by atoms with E-state index in [-0.39, 0.29) is 10.7 Å². The van der Waals surface area contributed by atoms with Crippen molar-refractivity contribution in [1.29, 1.82) is 0 Å². The van der Waals surface area contributed by atoms with Gasteiger partial charge in [-0.25, -0.2) is 18.5 Å². The minimum absolute atomic E-state index is 0.0612. The van der Waals surface area contributed by atoms with Gasteiger partial charge in [0.15, 0.2) is 11.5 Å². The monoisotopic (exact) mass is 425 g/mol. The first-order valence-corrected chi connectivity index (χ1v) is 11.0. The van der Waals surface area contributed by atoms with Crippen LogP contribution < -0.4 is 5.14 Å². The van der Waals surface area contributed by atoms with Crippen LogP contribution in [0.1, 0.15) is 21.6 Å². The van der Waals surface area contributed by atoms with Crippen LogP contribution in [0.3, 0.4) is 0 Å². The minimum atomic E-state index is -3.83. The molecule has 0 spiro atoms. The average Bonchev–Trinajstić information content (AvgIpc) is 3.37. The van der Waals surface area contributed by atoms with Crippen LogP contribution in [0.4, 0.5) is 0 Å². The third-order valence-corrected chi connectivity index (χ3v) is 5.93. The largest absolute Gasteiger partial charge is 0.355 e. The van der Waals surface area contributed by atoms with Crippen molar-refractivity contribution in [3.05, 3.63) is 76.2 Å². The number of nitrogens with two attached hydrogens (primary N) is 1. The van der Waals surface area contributed by atoms with Crippen molar-refractivity contribution in [2.24, 2.45) is 5.14 Å². The highest BCUT2D eigenvalue weighted by molar-refractivity contribution is 7.89. The molecular weight excluding hydrogens is 410 g/mol. The molecule has 0 aliphatic rings. The maximum absolute atomic E-state index is 13.0. The van der Waals surface area contributed by atoms with E-state index in [1.54, 1.807) is 12.4 Å². The van der Waals surface area contributed by atoms with Gasteiger partial charge in [-0.05, 0) is 31.2 Å². The van der Waals surface area contributed by atoms with E-state index in [4.69, 9.17) is 9.66 Å². The Labute approximate surface area is 170 Å². The maximum atomic E-state index is 13.0. The van der Waals surface area contributed by atoms with Crippen molar-refractivity contribution < 1.29 is 17.7 Å². The molecule has 2 heterocycles. The van der Waals surface area contributed by atoms with Crippen LogP contribution in [0, 0.1) is 6.92 Å². The van der Waals surface area contributed by atoms with Crippen molar-refractivity contribution >= 4 is 27.1 Å². The molecular formula is C20H15N3O4S2. The van der Waals surface area contributed by atoms with Gasteiger partial charge in [0.25, 0.3) is 0 Å². The van der Waals surface area contributed by atoms with Gasteiger partial charge in [-0.3, -0.25) is 4.79 Å². The molecule has 0 unspecified atom stereocenters. The lowest BCUT2D eigenvalue weighted by Gasteiger charge is -2.05. The first kappa shape index (κ1) is 19.2. The number of carbonyl (C=O) groups is 1. The Morgan fingerprint density at radius 2 is 1.69 bits per heavy atom. The van der Waals surface area contributed by atoms with Crippen molar-refractivity contribution in [2.45, 2.75) is 11.8 Å². The molecule has 0 bridgehead atoms. The van der Waals surface area contributed by atoms with Crippen LogP contribution in [0.5, 0.6) is 0 Å². The molecule has 146 valence electrons. The minimum Gasteiger partial charge on any atom is -0.355 e. The second-order valence-corrected chi connectivity index (χ2v) is 8.60. The molecule has 2 aromatic heterocycles. The number of carbonyl (C=O) groups excluding carboxylic acids is 1. The Balaban J connectivity index is 1.69. The summed E-state index contributed by atoms with van der Waals surface area (Å²) >= 11 is 1.51. The summed E-state index contributed by atoms with van der Waals surface area (Å²) in [4.78, 5) is 17.3. The summed E-state index contributed by atoms with van der Waals surface area (Å²) in [7, 11) is -3.83. The Kier molecular flexibility index (Phi) is 4.87. The van der Waals surface area contributed by atoms with Crippen LogP contribution >= 0.6 is 11.3 Å². The fraction of sp³-hybridized carbons (Fsp3) is 0.0500.